The number of carbonyl (C=O) groups is 2. The number of rotatable bonds is 4. The van der Waals surface area contributed by atoms with E-state index < -0.39 is 11.0 Å². The molecule has 1 saturated heterocycles. The van der Waals surface area contributed by atoms with Gasteiger partial charge in [0.1, 0.15) is 5.54 Å². The summed E-state index contributed by atoms with van der Waals surface area (Å²) in [7, 11) is 0. The standard InChI is InChI=1S/C22H34N4O2/c23-16-22(10-11-22)25-18(27)21(8-2-1-3-9-21)17-24-19(28)26-14-12-20(13-15-26)6-4-5-7-20/h1-15,17H2,(H,24,28)(H,25,27). The van der Waals surface area contributed by atoms with Crippen LogP contribution in [0.15, 0.2) is 0 Å². The third-order valence-corrected chi connectivity index (χ3v) is 7.96. The first-order valence-corrected chi connectivity index (χ1v) is 11.3. The van der Waals surface area contributed by atoms with Crippen molar-refractivity contribution in [2.45, 2.75) is 89.0 Å². The summed E-state index contributed by atoms with van der Waals surface area (Å²) in [6.07, 6.45) is 13.8. The van der Waals surface area contributed by atoms with Crippen LogP contribution in [0.2, 0.25) is 0 Å². The van der Waals surface area contributed by atoms with E-state index in [-0.39, 0.29) is 11.9 Å². The lowest BCUT2D eigenvalue weighted by molar-refractivity contribution is -0.133. The van der Waals surface area contributed by atoms with Crippen LogP contribution in [0.5, 0.6) is 0 Å². The van der Waals surface area contributed by atoms with Gasteiger partial charge in [-0.15, -0.1) is 0 Å². The molecule has 4 aliphatic rings. The van der Waals surface area contributed by atoms with Gasteiger partial charge < -0.3 is 15.5 Å². The molecule has 28 heavy (non-hydrogen) atoms. The monoisotopic (exact) mass is 386 g/mol. The van der Waals surface area contributed by atoms with E-state index in [1.54, 1.807) is 0 Å². The van der Waals surface area contributed by atoms with Gasteiger partial charge >= 0.3 is 6.03 Å². The van der Waals surface area contributed by atoms with Gasteiger partial charge in [0.2, 0.25) is 5.91 Å². The van der Waals surface area contributed by atoms with Crippen molar-refractivity contribution in [2.75, 3.05) is 19.6 Å². The number of urea groups is 1. The van der Waals surface area contributed by atoms with E-state index in [1.807, 2.05) is 4.90 Å². The smallest absolute Gasteiger partial charge is 0.317 e. The van der Waals surface area contributed by atoms with Gasteiger partial charge in [0.05, 0.1) is 11.5 Å². The lowest BCUT2D eigenvalue weighted by Gasteiger charge is -2.40. The molecule has 4 rings (SSSR count). The number of carbonyl (C=O) groups excluding carboxylic acids is 2. The highest BCUT2D eigenvalue weighted by molar-refractivity contribution is 5.85. The van der Waals surface area contributed by atoms with Crippen molar-refractivity contribution in [3.8, 4) is 6.07 Å². The molecule has 2 N–H and O–H groups in total. The number of nitrogens with one attached hydrogen (secondary N) is 2. The van der Waals surface area contributed by atoms with Crippen LogP contribution in [0.4, 0.5) is 4.79 Å². The Morgan fingerprint density at radius 3 is 2.04 bits per heavy atom. The second-order valence-corrected chi connectivity index (χ2v) is 9.84. The topological polar surface area (TPSA) is 85.2 Å². The zero-order chi connectivity index (χ0) is 19.7. The SMILES string of the molecule is N#CC1(NC(=O)C2(CNC(=O)N3CCC4(CCCC4)CC3)CCCCC2)CC1. The van der Waals surface area contributed by atoms with Crippen LogP contribution in [-0.4, -0.2) is 42.0 Å². The fourth-order valence-corrected chi connectivity index (χ4v) is 5.62. The van der Waals surface area contributed by atoms with E-state index in [9.17, 15) is 14.9 Å². The van der Waals surface area contributed by atoms with Gasteiger partial charge in [-0.2, -0.15) is 5.26 Å². The summed E-state index contributed by atoms with van der Waals surface area (Å²) in [6.45, 7) is 2.06. The Morgan fingerprint density at radius 1 is 0.857 bits per heavy atom. The summed E-state index contributed by atoms with van der Waals surface area (Å²) >= 11 is 0. The number of amides is 3. The summed E-state index contributed by atoms with van der Waals surface area (Å²) in [5.74, 6) is -0.0323. The van der Waals surface area contributed by atoms with E-state index in [0.717, 1.165) is 70.9 Å². The van der Waals surface area contributed by atoms with Crippen molar-refractivity contribution in [1.29, 1.82) is 5.26 Å². The van der Waals surface area contributed by atoms with E-state index in [4.69, 9.17) is 0 Å². The third-order valence-electron chi connectivity index (χ3n) is 7.96. The molecule has 3 aliphatic carbocycles. The Morgan fingerprint density at radius 2 is 1.46 bits per heavy atom. The lowest BCUT2D eigenvalue weighted by Crippen LogP contribution is -2.54. The first kappa shape index (κ1) is 19.5. The van der Waals surface area contributed by atoms with E-state index in [1.165, 1.54) is 25.7 Å². The molecule has 0 atom stereocenters. The molecule has 4 fully saturated rings. The first-order valence-electron chi connectivity index (χ1n) is 11.3. The number of nitrogens with zero attached hydrogens (tertiary/aromatic N) is 2. The van der Waals surface area contributed by atoms with Crippen LogP contribution >= 0.6 is 0 Å². The maximum absolute atomic E-state index is 13.1. The van der Waals surface area contributed by atoms with Gasteiger partial charge in [-0.3, -0.25) is 4.79 Å². The summed E-state index contributed by atoms with van der Waals surface area (Å²) in [6, 6.07) is 2.23. The first-order chi connectivity index (χ1) is 13.5. The second kappa shape index (κ2) is 7.57. The molecule has 0 unspecified atom stereocenters. The molecule has 0 aromatic carbocycles. The Kier molecular flexibility index (Phi) is 5.28. The average molecular weight is 387 g/mol. The minimum Gasteiger partial charge on any atom is -0.337 e. The predicted molar refractivity (Wildman–Crippen MR) is 106 cm³/mol. The highest BCUT2D eigenvalue weighted by Crippen LogP contribution is 2.46. The molecular formula is C22H34N4O2. The van der Waals surface area contributed by atoms with Crippen molar-refractivity contribution < 1.29 is 9.59 Å². The zero-order valence-electron chi connectivity index (χ0n) is 17.0. The Hall–Kier alpha value is -1.77. The van der Waals surface area contributed by atoms with Gasteiger partial charge in [0.15, 0.2) is 0 Å². The molecular weight excluding hydrogens is 352 g/mol. The molecule has 1 aliphatic heterocycles. The van der Waals surface area contributed by atoms with Gasteiger partial charge in [0, 0.05) is 19.6 Å². The quantitative estimate of drug-likeness (QED) is 0.776. The molecule has 0 aromatic rings. The van der Waals surface area contributed by atoms with Crippen LogP contribution in [0.1, 0.15) is 83.5 Å². The van der Waals surface area contributed by atoms with Crippen LogP contribution in [-0.2, 0) is 4.79 Å². The maximum atomic E-state index is 13.1. The van der Waals surface area contributed by atoms with Crippen molar-refractivity contribution in [3.05, 3.63) is 0 Å². The molecule has 1 heterocycles. The van der Waals surface area contributed by atoms with E-state index in [0.29, 0.717) is 12.0 Å². The predicted octanol–water partition coefficient (Wildman–Crippen LogP) is 3.48. The molecule has 6 heteroatoms. The van der Waals surface area contributed by atoms with Crippen molar-refractivity contribution in [1.82, 2.24) is 15.5 Å². The average Bonchev–Trinajstić information content (AvgIpc) is 3.37. The maximum Gasteiger partial charge on any atom is 0.317 e. The number of hydrogen-bond acceptors (Lipinski definition) is 3. The van der Waals surface area contributed by atoms with Gasteiger partial charge in [-0.25, -0.2) is 4.79 Å². The lowest BCUT2D eigenvalue weighted by atomic mass is 9.73. The third kappa shape index (κ3) is 3.86. The number of piperidine rings is 1. The Bertz CT molecular complexity index is 642. The fraction of sp³-hybridized carbons (Fsp3) is 0.864. The van der Waals surface area contributed by atoms with Crippen LogP contribution in [0.25, 0.3) is 0 Å². The molecule has 3 saturated carbocycles. The molecule has 0 radical (unpaired) electrons. The molecule has 0 bridgehead atoms. The molecule has 0 aromatic heterocycles. The van der Waals surface area contributed by atoms with Gasteiger partial charge in [0.25, 0.3) is 0 Å². The van der Waals surface area contributed by atoms with Crippen molar-refractivity contribution >= 4 is 11.9 Å². The van der Waals surface area contributed by atoms with Crippen LogP contribution < -0.4 is 10.6 Å². The van der Waals surface area contributed by atoms with Crippen LogP contribution in [0.3, 0.4) is 0 Å². The Balaban J connectivity index is 1.33. The van der Waals surface area contributed by atoms with Gasteiger partial charge in [-0.1, -0.05) is 32.1 Å². The summed E-state index contributed by atoms with van der Waals surface area (Å²) in [5, 5.41) is 15.4. The molecule has 3 amide bonds. The fourth-order valence-electron chi connectivity index (χ4n) is 5.62. The Labute approximate surface area is 168 Å². The summed E-state index contributed by atoms with van der Waals surface area (Å²) in [4.78, 5) is 27.8. The van der Waals surface area contributed by atoms with Crippen molar-refractivity contribution in [2.24, 2.45) is 10.8 Å². The second-order valence-electron chi connectivity index (χ2n) is 9.84. The number of hydrogen-bond donors (Lipinski definition) is 2. The largest absolute Gasteiger partial charge is 0.337 e. The minimum atomic E-state index is -0.645. The normalized spacial score (nSPS) is 27.0. The van der Waals surface area contributed by atoms with Crippen molar-refractivity contribution in [3.63, 3.8) is 0 Å². The number of likely N-dealkylation sites (tertiary alicyclic amines) is 1. The highest BCUT2D eigenvalue weighted by Gasteiger charge is 2.49. The highest BCUT2D eigenvalue weighted by atomic mass is 16.2. The summed E-state index contributed by atoms with van der Waals surface area (Å²) < 4.78 is 0. The van der Waals surface area contributed by atoms with E-state index in [2.05, 4.69) is 16.7 Å². The zero-order valence-corrected chi connectivity index (χ0v) is 17.0. The van der Waals surface area contributed by atoms with Gasteiger partial charge in [-0.05, 0) is 56.8 Å². The minimum absolute atomic E-state index is 0.0213. The molecule has 1 spiro atoms. The van der Waals surface area contributed by atoms with Crippen LogP contribution in [0, 0.1) is 22.2 Å². The molecule has 6 nitrogen and oxygen atoms in total. The number of nitriles is 1. The molecule has 154 valence electrons. The van der Waals surface area contributed by atoms with E-state index >= 15 is 0 Å². The summed E-state index contributed by atoms with van der Waals surface area (Å²) in [5.41, 5.74) is -0.700.